The Morgan fingerprint density at radius 1 is 0.330 bits per heavy atom. The highest BCUT2D eigenvalue weighted by molar-refractivity contribution is 5.71. The van der Waals surface area contributed by atoms with Crippen LogP contribution >= 0.6 is 0 Å². The van der Waals surface area contributed by atoms with Crippen LogP contribution in [0.25, 0.3) is 0 Å². The molecule has 0 aliphatic carbocycles. The van der Waals surface area contributed by atoms with Gasteiger partial charge in [0, 0.05) is 12.8 Å². The van der Waals surface area contributed by atoms with Gasteiger partial charge >= 0.3 is 17.9 Å². The fraction of sp³-hybridized carbons (Fsp3) is 0.800. The summed E-state index contributed by atoms with van der Waals surface area (Å²) in [5, 5.41) is 9.78. The number of hydrogen-bond donors (Lipinski definition) is 1. The van der Waals surface area contributed by atoms with Gasteiger partial charge in [0.2, 0.25) is 0 Å². The third-order valence-electron chi connectivity index (χ3n) is 17.9. The summed E-state index contributed by atoms with van der Waals surface area (Å²) in [6.07, 6.45) is 100. The Labute approximate surface area is 582 Å². The number of hydrogen-bond acceptors (Lipinski definition) is 7. The lowest BCUT2D eigenvalue weighted by atomic mass is 10.0. The van der Waals surface area contributed by atoms with E-state index in [1.165, 1.54) is 270 Å². The standard InChI is InChI=1S/C85H153NO8/c1-6-8-10-12-14-16-18-20-22-24-26-28-30-32-34-36-38-40-41-42-43-44-46-48-50-52-54-56-58-60-62-64-66-68-70-72-74-76-83(88)94-81(80-93-85(84(89)90)91-78-77-86(3,4)5)79-92-82(87)75-73-71-69-67-65-63-61-59-57-55-53-51-49-47-45-39-37-35-33-31-29-27-25-23-21-19-17-15-13-11-9-7-2/h8,10,14,16,20,22,26,28,32,34,38,40,42-43,81,85H,6-7,9,11-13,15,17-19,21,23-25,27,29-31,33,35-37,39,41,44-80H2,1-5H3/p+1/b10-8-,16-14-,22-20-,28-26-,34-32-,40-38-,43-42-. The number of allylic oxidation sites excluding steroid dienone is 14. The van der Waals surface area contributed by atoms with Crippen LogP contribution in [-0.2, 0) is 33.3 Å². The largest absolute Gasteiger partial charge is 0.477 e. The molecule has 0 amide bonds. The summed E-state index contributed by atoms with van der Waals surface area (Å²) in [6, 6.07) is 0. The molecule has 0 aromatic heterocycles. The summed E-state index contributed by atoms with van der Waals surface area (Å²) >= 11 is 0. The highest BCUT2D eigenvalue weighted by atomic mass is 16.7. The predicted octanol–water partition coefficient (Wildman–Crippen LogP) is 25.8. The summed E-state index contributed by atoms with van der Waals surface area (Å²) in [4.78, 5) is 37.7. The zero-order valence-electron chi connectivity index (χ0n) is 62.6. The van der Waals surface area contributed by atoms with Gasteiger partial charge in [0.15, 0.2) is 6.10 Å². The summed E-state index contributed by atoms with van der Waals surface area (Å²) in [5.41, 5.74) is 0. The summed E-state index contributed by atoms with van der Waals surface area (Å²) in [5.74, 6) is -1.98. The lowest BCUT2D eigenvalue weighted by molar-refractivity contribution is -0.870. The van der Waals surface area contributed by atoms with E-state index >= 15 is 0 Å². The van der Waals surface area contributed by atoms with Crippen molar-refractivity contribution >= 4 is 17.9 Å². The highest BCUT2D eigenvalue weighted by Gasteiger charge is 2.25. The Balaban J connectivity index is 4.01. The Morgan fingerprint density at radius 2 is 0.606 bits per heavy atom. The van der Waals surface area contributed by atoms with Crippen molar-refractivity contribution in [3.63, 3.8) is 0 Å². The van der Waals surface area contributed by atoms with Crippen molar-refractivity contribution in [1.29, 1.82) is 0 Å². The van der Waals surface area contributed by atoms with Crippen molar-refractivity contribution in [2.45, 2.75) is 392 Å². The maximum Gasteiger partial charge on any atom is 0.361 e. The van der Waals surface area contributed by atoms with Crippen LogP contribution in [0.1, 0.15) is 380 Å². The molecule has 1 N–H and O–H groups in total. The van der Waals surface area contributed by atoms with E-state index in [0.717, 1.165) is 83.5 Å². The van der Waals surface area contributed by atoms with E-state index in [1.807, 2.05) is 21.1 Å². The number of aliphatic carboxylic acids is 1. The average Bonchev–Trinajstić information content (AvgIpc) is 3.75. The Morgan fingerprint density at radius 3 is 0.904 bits per heavy atom. The van der Waals surface area contributed by atoms with E-state index < -0.39 is 18.4 Å². The molecule has 0 aromatic rings. The number of nitrogens with zero attached hydrogens (tertiary/aromatic N) is 1. The molecule has 0 radical (unpaired) electrons. The van der Waals surface area contributed by atoms with Gasteiger partial charge in [-0.2, -0.15) is 0 Å². The molecular formula is C85H154NO8+. The van der Waals surface area contributed by atoms with E-state index in [2.05, 4.69) is 98.9 Å². The maximum atomic E-state index is 13.0. The topological polar surface area (TPSA) is 108 Å². The third-order valence-corrected chi connectivity index (χ3v) is 17.9. The Hall–Kier alpha value is -3.53. The SMILES string of the molecule is CC/C=C\C/C=C\C/C=C\C/C=C\C/C=C\C/C=C\C/C=C\CCCCCCCCCCCCCCCCCC(=O)OC(COC(=O)CCCCCCCCCCCCCCCCCCCCCCCCCCCCCCCCCC)COC(OCC[N+](C)(C)C)C(=O)O. The van der Waals surface area contributed by atoms with E-state index in [1.54, 1.807) is 0 Å². The normalized spacial score (nSPS) is 13.1. The number of carbonyl (C=O) groups is 3. The van der Waals surface area contributed by atoms with Crippen molar-refractivity contribution in [1.82, 2.24) is 0 Å². The molecule has 0 saturated heterocycles. The van der Waals surface area contributed by atoms with Crippen molar-refractivity contribution in [3.05, 3.63) is 85.1 Å². The zero-order chi connectivity index (χ0) is 68.2. The van der Waals surface area contributed by atoms with Crippen molar-refractivity contribution < 1.29 is 42.9 Å². The number of carbonyl (C=O) groups excluding carboxylic acids is 2. The van der Waals surface area contributed by atoms with Crippen LogP contribution in [0.2, 0.25) is 0 Å². The third kappa shape index (κ3) is 75.8. The van der Waals surface area contributed by atoms with Gasteiger partial charge < -0.3 is 28.5 Å². The van der Waals surface area contributed by atoms with Crippen LogP contribution in [0.5, 0.6) is 0 Å². The first-order chi connectivity index (χ1) is 46.1. The van der Waals surface area contributed by atoms with Gasteiger partial charge in [-0.25, -0.2) is 4.79 Å². The number of ether oxygens (including phenoxy) is 4. The molecule has 94 heavy (non-hydrogen) atoms. The molecule has 0 saturated carbocycles. The van der Waals surface area contributed by atoms with Gasteiger partial charge in [0.25, 0.3) is 6.29 Å². The van der Waals surface area contributed by atoms with Gasteiger partial charge in [0.1, 0.15) is 13.2 Å². The van der Waals surface area contributed by atoms with Crippen LogP contribution in [-0.4, -0.2) is 87.4 Å². The molecule has 0 aromatic carbocycles. The lowest BCUT2D eigenvalue weighted by Crippen LogP contribution is -2.40. The monoisotopic (exact) mass is 1320 g/mol. The van der Waals surface area contributed by atoms with Crippen molar-refractivity contribution in [2.75, 3.05) is 47.5 Å². The number of carboxylic acids is 1. The highest BCUT2D eigenvalue weighted by Crippen LogP contribution is 2.20. The minimum absolute atomic E-state index is 0.179. The summed E-state index contributed by atoms with van der Waals surface area (Å²) in [7, 11) is 5.99. The fourth-order valence-corrected chi connectivity index (χ4v) is 11.8. The van der Waals surface area contributed by atoms with Gasteiger partial charge in [-0.3, -0.25) is 9.59 Å². The first-order valence-electron chi connectivity index (χ1n) is 40.3. The number of carboxylic acid groups (broad SMARTS) is 1. The average molecular weight is 1320 g/mol. The van der Waals surface area contributed by atoms with Crippen LogP contribution in [0.15, 0.2) is 85.1 Å². The maximum absolute atomic E-state index is 13.0. The van der Waals surface area contributed by atoms with Crippen LogP contribution in [0.4, 0.5) is 0 Å². The summed E-state index contributed by atoms with van der Waals surface area (Å²) in [6.45, 7) is 4.82. The molecule has 0 bridgehead atoms. The van der Waals surface area contributed by atoms with Gasteiger partial charge in [0.05, 0.1) is 34.4 Å². The number of rotatable bonds is 75. The molecule has 546 valence electrons. The number of esters is 2. The van der Waals surface area contributed by atoms with Crippen LogP contribution < -0.4 is 0 Å². The quantitative estimate of drug-likeness (QED) is 0.0211. The number of quaternary nitrogens is 1. The smallest absolute Gasteiger partial charge is 0.361 e. The second-order valence-electron chi connectivity index (χ2n) is 28.4. The molecule has 0 spiro atoms. The zero-order valence-corrected chi connectivity index (χ0v) is 62.6. The molecule has 0 heterocycles. The second kappa shape index (κ2) is 75.2. The minimum atomic E-state index is -1.51. The van der Waals surface area contributed by atoms with Crippen LogP contribution in [0, 0.1) is 0 Å². The molecular weight excluding hydrogens is 1160 g/mol. The molecule has 0 aliphatic rings. The fourth-order valence-electron chi connectivity index (χ4n) is 11.8. The Bertz CT molecular complexity index is 1820. The first-order valence-corrected chi connectivity index (χ1v) is 40.3. The first kappa shape index (κ1) is 90.5. The summed E-state index contributed by atoms with van der Waals surface area (Å²) < 4.78 is 23.1. The van der Waals surface area contributed by atoms with E-state index in [0.29, 0.717) is 17.4 Å². The predicted molar refractivity (Wildman–Crippen MR) is 406 cm³/mol. The molecule has 0 fully saturated rings. The lowest BCUT2D eigenvalue weighted by Gasteiger charge is -2.25. The molecule has 0 rings (SSSR count). The van der Waals surface area contributed by atoms with Crippen molar-refractivity contribution in [2.24, 2.45) is 0 Å². The van der Waals surface area contributed by atoms with Gasteiger partial charge in [-0.15, -0.1) is 0 Å². The number of likely N-dealkylation sites (N-methyl/N-ethyl adjacent to an activating group) is 1. The van der Waals surface area contributed by atoms with Crippen molar-refractivity contribution in [3.8, 4) is 0 Å². The van der Waals surface area contributed by atoms with E-state index in [4.69, 9.17) is 18.9 Å². The molecule has 9 nitrogen and oxygen atoms in total. The van der Waals surface area contributed by atoms with E-state index in [9.17, 15) is 19.5 Å². The number of unbranched alkanes of at least 4 members (excludes halogenated alkanes) is 46. The molecule has 9 heteroatoms. The van der Waals surface area contributed by atoms with Gasteiger partial charge in [-0.1, -0.05) is 381 Å². The molecule has 2 unspecified atom stereocenters. The second-order valence-corrected chi connectivity index (χ2v) is 28.4. The molecule has 2 atom stereocenters. The van der Waals surface area contributed by atoms with E-state index in [-0.39, 0.29) is 38.2 Å². The Kier molecular flexibility index (Phi) is 72.4. The molecule has 0 aliphatic heterocycles. The minimum Gasteiger partial charge on any atom is -0.477 e. The van der Waals surface area contributed by atoms with Gasteiger partial charge in [-0.05, 0) is 70.6 Å². The van der Waals surface area contributed by atoms with Crippen LogP contribution in [0.3, 0.4) is 0 Å².